The van der Waals surface area contributed by atoms with Gasteiger partial charge in [-0.15, -0.1) is 0 Å². The number of benzene rings is 1. The van der Waals surface area contributed by atoms with Gasteiger partial charge in [0.2, 0.25) is 5.91 Å². The number of hydrogen-bond donors (Lipinski definition) is 2. The van der Waals surface area contributed by atoms with E-state index in [0.29, 0.717) is 23.5 Å². The molecule has 0 saturated carbocycles. The minimum atomic E-state index is -0.113. The van der Waals surface area contributed by atoms with Crippen LogP contribution >= 0.6 is 0 Å². The number of anilines is 2. The SMILES string of the molecule is CC1CC(=O)Nc2ccc(N)cc2O1. The van der Waals surface area contributed by atoms with E-state index in [9.17, 15) is 4.79 Å². The van der Waals surface area contributed by atoms with Gasteiger partial charge in [0.1, 0.15) is 11.9 Å². The molecule has 2 rings (SSSR count). The normalized spacial score (nSPS) is 20.4. The summed E-state index contributed by atoms with van der Waals surface area (Å²) >= 11 is 0. The molecule has 0 bridgehead atoms. The summed E-state index contributed by atoms with van der Waals surface area (Å²) in [6.45, 7) is 1.86. The van der Waals surface area contributed by atoms with Gasteiger partial charge in [-0.25, -0.2) is 0 Å². The van der Waals surface area contributed by atoms with Crippen molar-refractivity contribution in [2.75, 3.05) is 11.1 Å². The first kappa shape index (κ1) is 8.87. The number of carbonyl (C=O) groups excluding carboxylic acids is 1. The van der Waals surface area contributed by atoms with E-state index in [0.717, 1.165) is 0 Å². The third-order valence-corrected chi connectivity index (χ3v) is 2.08. The van der Waals surface area contributed by atoms with Crippen LogP contribution in [0.1, 0.15) is 13.3 Å². The van der Waals surface area contributed by atoms with Crippen molar-refractivity contribution in [2.45, 2.75) is 19.4 Å². The highest BCUT2D eigenvalue weighted by Gasteiger charge is 2.18. The zero-order valence-electron chi connectivity index (χ0n) is 7.91. The maximum absolute atomic E-state index is 11.3. The molecule has 74 valence electrons. The van der Waals surface area contributed by atoms with Crippen LogP contribution in [0, 0.1) is 0 Å². The van der Waals surface area contributed by atoms with Gasteiger partial charge in [-0.2, -0.15) is 0 Å². The predicted molar refractivity (Wildman–Crippen MR) is 54.2 cm³/mol. The molecule has 1 aliphatic rings. The number of amides is 1. The standard InChI is InChI=1S/C10H12N2O2/c1-6-4-10(13)12-8-3-2-7(11)5-9(8)14-6/h2-3,5-6H,4,11H2,1H3,(H,12,13). The van der Waals surface area contributed by atoms with Gasteiger partial charge in [-0.1, -0.05) is 0 Å². The lowest BCUT2D eigenvalue weighted by atomic mass is 10.2. The topological polar surface area (TPSA) is 64.4 Å². The summed E-state index contributed by atoms with van der Waals surface area (Å²) in [6, 6.07) is 5.20. The van der Waals surface area contributed by atoms with E-state index in [1.807, 2.05) is 6.92 Å². The molecule has 0 fully saturated rings. The van der Waals surface area contributed by atoms with Gasteiger partial charge in [0.15, 0.2) is 0 Å². The number of ether oxygens (including phenoxy) is 1. The lowest BCUT2D eigenvalue weighted by Crippen LogP contribution is -2.17. The molecule has 0 radical (unpaired) electrons. The van der Waals surface area contributed by atoms with Crippen molar-refractivity contribution in [2.24, 2.45) is 0 Å². The van der Waals surface area contributed by atoms with E-state index in [1.54, 1.807) is 18.2 Å². The monoisotopic (exact) mass is 192 g/mol. The Labute approximate surface area is 82.1 Å². The van der Waals surface area contributed by atoms with Crippen molar-refractivity contribution < 1.29 is 9.53 Å². The molecule has 0 spiro atoms. The highest BCUT2D eigenvalue weighted by molar-refractivity contribution is 5.93. The van der Waals surface area contributed by atoms with E-state index in [1.165, 1.54) is 0 Å². The second-order valence-corrected chi connectivity index (χ2v) is 3.44. The van der Waals surface area contributed by atoms with E-state index in [4.69, 9.17) is 10.5 Å². The number of nitrogens with two attached hydrogens (primary N) is 1. The molecule has 0 aromatic heterocycles. The smallest absolute Gasteiger partial charge is 0.228 e. The number of nitrogen functional groups attached to an aromatic ring is 1. The number of rotatable bonds is 0. The summed E-state index contributed by atoms with van der Waals surface area (Å²) in [7, 11) is 0. The molecule has 0 saturated heterocycles. The van der Waals surface area contributed by atoms with Gasteiger partial charge in [0.05, 0.1) is 12.1 Å². The quantitative estimate of drug-likeness (QED) is 0.610. The first-order valence-electron chi connectivity index (χ1n) is 4.51. The average molecular weight is 192 g/mol. The number of nitrogens with one attached hydrogen (secondary N) is 1. The molecule has 0 aliphatic carbocycles. The van der Waals surface area contributed by atoms with Crippen molar-refractivity contribution in [1.29, 1.82) is 0 Å². The Morgan fingerprint density at radius 3 is 3.14 bits per heavy atom. The van der Waals surface area contributed by atoms with Crippen LogP contribution in [0.15, 0.2) is 18.2 Å². The van der Waals surface area contributed by atoms with Crippen LogP contribution in [0.25, 0.3) is 0 Å². The molecule has 1 aromatic carbocycles. The van der Waals surface area contributed by atoms with Gasteiger partial charge >= 0.3 is 0 Å². The van der Waals surface area contributed by atoms with Crippen molar-refractivity contribution in [3.05, 3.63) is 18.2 Å². The van der Waals surface area contributed by atoms with E-state index < -0.39 is 0 Å². The van der Waals surface area contributed by atoms with Gasteiger partial charge in [0, 0.05) is 11.8 Å². The van der Waals surface area contributed by atoms with Crippen LogP contribution in [-0.2, 0) is 4.79 Å². The second-order valence-electron chi connectivity index (χ2n) is 3.44. The maximum Gasteiger partial charge on any atom is 0.228 e. The summed E-state index contributed by atoms with van der Waals surface area (Å²) in [6.07, 6.45) is 0.257. The Morgan fingerprint density at radius 1 is 1.57 bits per heavy atom. The zero-order chi connectivity index (χ0) is 10.1. The van der Waals surface area contributed by atoms with E-state index in [-0.39, 0.29) is 12.0 Å². The minimum Gasteiger partial charge on any atom is -0.488 e. The lowest BCUT2D eigenvalue weighted by Gasteiger charge is -2.11. The highest BCUT2D eigenvalue weighted by atomic mass is 16.5. The number of carbonyl (C=O) groups is 1. The van der Waals surface area contributed by atoms with Crippen molar-refractivity contribution in [3.63, 3.8) is 0 Å². The summed E-state index contributed by atoms with van der Waals surface area (Å²) in [5.74, 6) is 0.615. The third kappa shape index (κ3) is 1.64. The van der Waals surface area contributed by atoms with Gasteiger partial charge in [-0.05, 0) is 19.1 Å². The van der Waals surface area contributed by atoms with Crippen molar-refractivity contribution in [1.82, 2.24) is 0 Å². The fourth-order valence-electron chi connectivity index (χ4n) is 1.46. The van der Waals surface area contributed by atoms with Gasteiger partial charge in [-0.3, -0.25) is 4.79 Å². The Balaban J connectivity index is 2.41. The van der Waals surface area contributed by atoms with E-state index in [2.05, 4.69) is 5.32 Å². The molecule has 1 atom stereocenters. The molecule has 3 N–H and O–H groups in total. The van der Waals surface area contributed by atoms with Crippen LogP contribution in [0.3, 0.4) is 0 Å². The Morgan fingerprint density at radius 2 is 2.36 bits per heavy atom. The van der Waals surface area contributed by atoms with Crippen LogP contribution in [0.5, 0.6) is 5.75 Å². The van der Waals surface area contributed by atoms with E-state index >= 15 is 0 Å². The molecule has 1 aliphatic heterocycles. The largest absolute Gasteiger partial charge is 0.488 e. The average Bonchev–Trinajstić information content (AvgIpc) is 2.21. The minimum absolute atomic E-state index is 0.0268. The van der Waals surface area contributed by atoms with Gasteiger partial charge in [0.25, 0.3) is 0 Å². The van der Waals surface area contributed by atoms with Crippen molar-refractivity contribution in [3.8, 4) is 5.75 Å². The Hall–Kier alpha value is -1.71. The molecule has 14 heavy (non-hydrogen) atoms. The number of hydrogen-bond acceptors (Lipinski definition) is 3. The lowest BCUT2D eigenvalue weighted by molar-refractivity contribution is -0.117. The van der Waals surface area contributed by atoms with Crippen molar-refractivity contribution >= 4 is 17.3 Å². The zero-order valence-corrected chi connectivity index (χ0v) is 7.91. The maximum atomic E-state index is 11.3. The Kier molecular flexibility index (Phi) is 2.04. The second kappa shape index (κ2) is 3.21. The highest BCUT2D eigenvalue weighted by Crippen LogP contribution is 2.30. The van der Waals surface area contributed by atoms with Crippen LogP contribution in [-0.4, -0.2) is 12.0 Å². The molecule has 4 nitrogen and oxygen atoms in total. The fraction of sp³-hybridized carbons (Fsp3) is 0.300. The van der Waals surface area contributed by atoms with Crippen LogP contribution in [0.2, 0.25) is 0 Å². The first-order chi connectivity index (χ1) is 6.65. The molecule has 1 heterocycles. The molecule has 1 unspecified atom stereocenters. The summed E-state index contributed by atoms with van der Waals surface area (Å²) < 4.78 is 5.54. The molecular formula is C10H12N2O2. The summed E-state index contributed by atoms with van der Waals surface area (Å²) in [5, 5.41) is 2.76. The molecule has 1 aromatic rings. The predicted octanol–water partition coefficient (Wildman–Crippen LogP) is 1.38. The Bertz CT molecular complexity index is 376. The number of fused-ring (bicyclic) bond motifs is 1. The fourth-order valence-corrected chi connectivity index (χ4v) is 1.46. The molecule has 1 amide bonds. The summed E-state index contributed by atoms with van der Waals surface area (Å²) in [4.78, 5) is 11.3. The van der Waals surface area contributed by atoms with Gasteiger partial charge < -0.3 is 15.8 Å². The first-order valence-corrected chi connectivity index (χ1v) is 4.51. The summed E-state index contributed by atoms with van der Waals surface area (Å²) in [5.41, 5.74) is 6.94. The molecule has 4 heteroatoms. The van der Waals surface area contributed by atoms with Crippen LogP contribution in [0.4, 0.5) is 11.4 Å². The third-order valence-electron chi connectivity index (χ3n) is 2.08. The molecular weight excluding hydrogens is 180 g/mol. The van der Waals surface area contributed by atoms with Crippen LogP contribution < -0.4 is 15.8 Å².